The lowest BCUT2D eigenvalue weighted by atomic mass is 9.74. The zero-order valence-electron chi connectivity index (χ0n) is 8.45. The van der Waals surface area contributed by atoms with Gasteiger partial charge in [-0.25, -0.2) is 9.40 Å². The lowest BCUT2D eigenvalue weighted by molar-refractivity contribution is 0.135. The summed E-state index contributed by atoms with van der Waals surface area (Å²) >= 11 is 7.70. The molecule has 3 rings (SSSR count). The summed E-state index contributed by atoms with van der Waals surface area (Å²) in [7, 11) is 0. The Labute approximate surface area is 98.3 Å². The molecular weight excluding hydrogens is 230 g/mol. The fraction of sp³-hybridized carbons (Fsp3) is 0.700. The number of halogens is 1. The van der Waals surface area contributed by atoms with Crippen LogP contribution in [0.5, 0.6) is 0 Å². The molecule has 1 unspecified atom stereocenters. The molecule has 2 aliphatic rings. The first kappa shape index (κ1) is 10.0. The maximum absolute atomic E-state index is 6.35. The Bertz CT molecular complexity index is 370. The molecule has 15 heavy (non-hydrogen) atoms. The van der Waals surface area contributed by atoms with Crippen molar-refractivity contribution in [2.24, 2.45) is 11.1 Å². The molecule has 1 spiro atoms. The average Bonchev–Trinajstić information content (AvgIpc) is 2.76. The number of thiazole rings is 1. The van der Waals surface area contributed by atoms with Gasteiger partial charge in [-0.15, -0.1) is 11.3 Å². The first-order valence-electron chi connectivity index (χ1n) is 5.30. The van der Waals surface area contributed by atoms with Gasteiger partial charge < -0.3 is 5.73 Å². The van der Waals surface area contributed by atoms with Crippen LogP contribution in [-0.2, 0) is 6.42 Å². The van der Waals surface area contributed by atoms with Gasteiger partial charge in [-0.1, -0.05) is 0 Å². The highest BCUT2D eigenvalue weighted by Crippen LogP contribution is 2.51. The molecule has 0 aromatic carbocycles. The van der Waals surface area contributed by atoms with Crippen LogP contribution >= 0.6 is 23.1 Å². The number of fused-ring (bicyclic) bond motifs is 1. The number of rotatable bonds is 0. The Kier molecular flexibility index (Phi) is 2.28. The van der Waals surface area contributed by atoms with E-state index in [0.717, 1.165) is 32.4 Å². The third kappa shape index (κ3) is 1.43. The van der Waals surface area contributed by atoms with E-state index >= 15 is 0 Å². The molecule has 3 nitrogen and oxygen atoms in total. The summed E-state index contributed by atoms with van der Waals surface area (Å²) in [5, 5.41) is 0. The van der Waals surface area contributed by atoms with Crippen molar-refractivity contribution in [3.8, 4) is 0 Å². The van der Waals surface area contributed by atoms with Gasteiger partial charge in [-0.2, -0.15) is 0 Å². The van der Waals surface area contributed by atoms with Crippen LogP contribution in [0, 0.1) is 5.41 Å². The molecule has 0 bridgehead atoms. The Balaban J connectivity index is 1.88. The van der Waals surface area contributed by atoms with Gasteiger partial charge in [-0.05, 0) is 36.5 Å². The van der Waals surface area contributed by atoms with Crippen molar-refractivity contribution >= 4 is 23.1 Å². The number of hydrogen-bond acceptors (Lipinski definition) is 4. The van der Waals surface area contributed by atoms with Crippen molar-refractivity contribution in [3.05, 3.63) is 16.1 Å². The molecule has 5 heteroatoms. The molecular formula is C10H14ClN3S. The van der Waals surface area contributed by atoms with Crippen LogP contribution in [0.15, 0.2) is 5.51 Å². The van der Waals surface area contributed by atoms with Gasteiger partial charge >= 0.3 is 0 Å². The van der Waals surface area contributed by atoms with Crippen LogP contribution in [-0.4, -0.2) is 22.5 Å². The second-order valence-corrected chi connectivity index (χ2v) is 5.95. The van der Waals surface area contributed by atoms with Crippen LogP contribution in [0.4, 0.5) is 0 Å². The summed E-state index contributed by atoms with van der Waals surface area (Å²) in [5.41, 5.74) is 9.75. The van der Waals surface area contributed by atoms with E-state index < -0.39 is 0 Å². The van der Waals surface area contributed by atoms with Crippen molar-refractivity contribution in [2.75, 3.05) is 13.1 Å². The van der Waals surface area contributed by atoms with Crippen LogP contribution in [0.25, 0.3) is 0 Å². The second kappa shape index (κ2) is 3.42. The lowest BCUT2D eigenvalue weighted by Crippen LogP contribution is -2.41. The van der Waals surface area contributed by atoms with Gasteiger partial charge in [0.05, 0.1) is 11.2 Å². The second-order valence-electron chi connectivity index (χ2n) is 4.59. The van der Waals surface area contributed by atoms with Gasteiger partial charge in [0.15, 0.2) is 0 Å². The largest absolute Gasteiger partial charge is 0.323 e. The molecule has 0 amide bonds. The highest BCUT2D eigenvalue weighted by atomic mass is 35.5. The minimum Gasteiger partial charge on any atom is -0.323 e. The fourth-order valence-corrected chi connectivity index (χ4v) is 3.92. The van der Waals surface area contributed by atoms with Gasteiger partial charge in [-0.3, -0.25) is 0 Å². The number of nitrogens with zero attached hydrogens (tertiary/aromatic N) is 2. The maximum Gasteiger partial charge on any atom is 0.0798 e. The zero-order valence-corrected chi connectivity index (χ0v) is 10.0. The predicted octanol–water partition coefficient (Wildman–Crippen LogP) is 1.94. The van der Waals surface area contributed by atoms with E-state index in [0.29, 0.717) is 0 Å². The number of piperidine rings is 1. The summed E-state index contributed by atoms with van der Waals surface area (Å²) in [6, 6.07) is 0.186. The van der Waals surface area contributed by atoms with Crippen LogP contribution < -0.4 is 5.73 Å². The standard InChI is InChI=1S/C10H14ClN3S/c11-14-3-1-10(2-4-14)5-7-8(9(10)12)15-6-13-7/h6,9H,1-5,12H2. The Hall–Kier alpha value is -0.160. The third-order valence-corrected chi connectivity index (χ3v) is 5.13. The smallest absolute Gasteiger partial charge is 0.0798 e. The first-order chi connectivity index (χ1) is 7.21. The molecule has 2 heterocycles. The van der Waals surface area contributed by atoms with Crippen molar-refractivity contribution in [2.45, 2.75) is 25.3 Å². The molecule has 1 aliphatic heterocycles. The van der Waals surface area contributed by atoms with E-state index in [1.54, 1.807) is 11.3 Å². The molecule has 82 valence electrons. The van der Waals surface area contributed by atoms with Crippen LogP contribution in [0.2, 0.25) is 0 Å². The van der Waals surface area contributed by atoms with E-state index in [9.17, 15) is 0 Å². The topological polar surface area (TPSA) is 42.1 Å². The minimum absolute atomic E-state index is 0.186. The lowest BCUT2D eigenvalue weighted by Gasteiger charge is -2.39. The highest BCUT2D eigenvalue weighted by Gasteiger charge is 2.47. The summed E-state index contributed by atoms with van der Waals surface area (Å²) in [6.45, 7) is 1.90. The molecule has 1 aliphatic carbocycles. The molecule has 1 atom stereocenters. The van der Waals surface area contributed by atoms with Crippen molar-refractivity contribution in [1.82, 2.24) is 9.40 Å². The van der Waals surface area contributed by atoms with Gasteiger partial charge in [0.1, 0.15) is 0 Å². The number of aromatic nitrogens is 1. The molecule has 1 aromatic rings. The van der Waals surface area contributed by atoms with E-state index in [1.165, 1.54) is 10.6 Å². The van der Waals surface area contributed by atoms with Crippen molar-refractivity contribution < 1.29 is 0 Å². The maximum atomic E-state index is 6.35. The van der Waals surface area contributed by atoms with Crippen molar-refractivity contribution in [1.29, 1.82) is 0 Å². The summed E-state index contributed by atoms with van der Waals surface area (Å²) in [6.07, 6.45) is 3.25. The molecule has 0 radical (unpaired) electrons. The Morgan fingerprint density at radius 1 is 1.53 bits per heavy atom. The van der Waals surface area contributed by atoms with E-state index in [2.05, 4.69) is 4.98 Å². The molecule has 1 fully saturated rings. The summed E-state index contributed by atoms with van der Waals surface area (Å²) < 4.78 is 1.87. The monoisotopic (exact) mass is 243 g/mol. The SMILES string of the molecule is NC1c2scnc2CC12CCN(Cl)CC2. The number of hydrogen-bond donors (Lipinski definition) is 1. The van der Waals surface area contributed by atoms with Gasteiger partial charge in [0.25, 0.3) is 0 Å². The third-order valence-electron chi connectivity index (χ3n) is 3.84. The summed E-state index contributed by atoms with van der Waals surface area (Å²) in [5.74, 6) is 0. The first-order valence-corrected chi connectivity index (χ1v) is 6.52. The molecule has 0 saturated carbocycles. The van der Waals surface area contributed by atoms with Gasteiger partial charge in [0.2, 0.25) is 0 Å². The van der Waals surface area contributed by atoms with Crippen LogP contribution in [0.1, 0.15) is 29.5 Å². The zero-order chi connectivity index (χ0) is 10.5. The Morgan fingerprint density at radius 3 is 2.93 bits per heavy atom. The fourth-order valence-electron chi connectivity index (χ4n) is 2.80. The predicted molar refractivity (Wildman–Crippen MR) is 61.8 cm³/mol. The average molecular weight is 244 g/mol. The van der Waals surface area contributed by atoms with Gasteiger partial charge in [0, 0.05) is 24.0 Å². The molecule has 1 aromatic heterocycles. The summed E-state index contributed by atoms with van der Waals surface area (Å²) in [4.78, 5) is 5.71. The Morgan fingerprint density at radius 2 is 2.27 bits per heavy atom. The molecule has 1 saturated heterocycles. The van der Waals surface area contributed by atoms with E-state index in [-0.39, 0.29) is 11.5 Å². The number of nitrogens with two attached hydrogens (primary N) is 1. The van der Waals surface area contributed by atoms with E-state index in [1.807, 2.05) is 9.93 Å². The van der Waals surface area contributed by atoms with Crippen LogP contribution in [0.3, 0.4) is 0 Å². The minimum atomic E-state index is 0.186. The van der Waals surface area contributed by atoms with Crippen molar-refractivity contribution in [3.63, 3.8) is 0 Å². The quantitative estimate of drug-likeness (QED) is 0.708. The normalized spacial score (nSPS) is 29.6. The highest BCUT2D eigenvalue weighted by molar-refractivity contribution is 7.09. The molecule has 2 N–H and O–H groups in total. The van der Waals surface area contributed by atoms with E-state index in [4.69, 9.17) is 17.5 Å².